The van der Waals surface area contributed by atoms with E-state index < -0.39 is 18.9 Å². The fraction of sp³-hybridized carbons (Fsp3) is 0.115. The Morgan fingerprint density at radius 3 is 1.28 bits per heavy atom. The van der Waals surface area contributed by atoms with Crippen LogP contribution in [-0.4, -0.2) is 3.71 Å². The predicted octanol–water partition coefficient (Wildman–Crippen LogP) is 9.27. The van der Waals surface area contributed by atoms with Gasteiger partial charge in [-0.2, -0.15) is 12.1 Å². The maximum absolute atomic E-state index is 5.37. The maximum atomic E-state index is 5.37. The molecule has 0 unspecified atom stereocenters. The average Bonchev–Trinajstić information content (AvgIpc) is 3.16. The Bertz CT molecular complexity index is 819. The third kappa shape index (κ3) is 11.1. The minimum Gasteiger partial charge on any atom is -0.358 e. The molecular weight excluding hydrogens is 474 g/mol. The smallest absolute Gasteiger partial charge is 0.0579 e. The molecule has 0 aromatic heterocycles. The van der Waals surface area contributed by atoms with Gasteiger partial charge < -0.3 is 29.7 Å². The zero-order valence-corrected chi connectivity index (χ0v) is 22.7. The molecule has 0 aliphatic rings. The third-order valence-electron chi connectivity index (χ3n) is 3.74. The van der Waals surface area contributed by atoms with Crippen LogP contribution in [0.1, 0.15) is 18.1 Å². The molecule has 0 fully saturated rings. The van der Waals surface area contributed by atoms with Crippen molar-refractivity contribution in [1.82, 2.24) is 0 Å². The van der Waals surface area contributed by atoms with Crippen LogP contribution in [0.5, 0.6) is 0 Å². The van der Waals surface area contributed by atoms with Crippen LogP contribution < -0.4 is 0 Å². The van der Waals surface area contributed by atoms with Crippen LogP contribution in [0.4, 0.5) is 0 Å². The van der Waals surface area contributed by atoms with Gasteiger partial charge in [0.05, 0.1) is 0 Å². The summed E-state index contributed by atoms with van der Waals surface area (Å²) in [6.45, 7) is 6.15. The van der Waals surface area contributed by atoms with Crippen LogP contribution in [0, 0.1) is 43.6 Å². The molecule has 4 rings (SSSR count). The molecule has 0 aliphatic heterocycles. The largest absolute Gasteiger partial charge is 0.358 e. The van der Waals surface area contributed by atoms with Gasteiger partial charge in [0.2, 0.25) is 0 Å². The van der Waals surface area contributed by atoms with E-state index in [1.165, 1.54) is 32.7 Å². The number of benzene rings is 2. The molecule has 4 aromatic carbocycles. The van der Waals surface area contributed by atoms with E-state index in [4.69, 9.17) is 17.0 Å². The molecule has 0 spiro atoms. The number of aryl methyl sites for hydroxylation is 2. The first kappa shape index (κ1) is 32.7. The molecule has 0 saturated heterocycles. The molecule has 0 N–H and O–H groups in total. The Labute approximate surface area is 194 Å². The van der Waals surface area contributed by atoms with E-state index in [0.717, 1.165) is 0 Å². The summed E-state index contributed by atoms with van der Waals surface area (Å²) in [6.07, 6.45) is 0. The zero-order valence-electron chi connectivity index (χ0n) is 18.8. The first-order valence-corrected chi connectivity index (χ1v) is 16.0. The van der Waals surface area contributed by atoms with Crippen molar-refractivity contribution in [2.24, 2.45) is 0 Å². The molecule has 0 saturated carbocycles. The molecular formula is C26H34Cl2Zr-6. The molecule has 162 valence electrons. The number of fused-ring (bicyclic) bond motifs is 2. The summed E-state index contributed by atoms with van der Waals surface area (Å²) in [7, 11) is 10.7. The molecule has 0 atom stereocenters. The third-order valence-corrected chi connectivity index (χ3v) is 7.40. The second-order valence-corrected chi connectivity index (χ2v) is 14.7. The van der Waals surface area contributed by atoms with Crippen molar-refractivity contribution in [3.8, 4) is 0 Å². The van der Waals surface area contributed by atoms with Gasteiger partial charge in [0.25, 0.3) is 0 Å². The summed E-state index contributed by atoms with van der Waals surface area (Å²) >= 11 is -1.76. The van der Waals surface area contributed by atoms with Gasteiger partial charge in [-0.3, -0.25) is 0 Å². The molecule has 0 amide bonds. The van der Waals surface area contributed by atoms with Crippen LogP contribution in [0.3, 0.4) is 0 Å². The number of rotatable bonds is 0. The predicted molar refractivity (Wildman–Crippen MR) is 138 cm³/mol. The number of halogens is 2. The van der Waals surface area contributed by atoms with Crippen LogP contribution in [0.25, 0.3) is 21.5 Å². The van der Waals surface area contributed by atoms with Gasteiger partial charge in [-0.05, 0) is 0 Å². The summed E-state index contributed by atoms with van der Waals surface area (Å²) in [5, 5.41) is 5.39. The molecule has 0 heterocycles. The molecule has 0 nitrogen and oxygen atoms in total. The van der Waals surface area contributed by atoms with Crippen molar-refractivity contribution in [2.45, 2.75) is 20.8 Å². The van der Waals surface area contributed by atoms with E-state index in [2.05, 4.69) is 86.6 Å². The van der Waals surface area contributed by atoms with Gasteiger partial charge >= 0.3 is 46.5 Å². The zero-order chi connectivity index (χ0) is 18.2. The van der Waals surface area contributed by atoms with Crippen LogP contribution in [-0.2, 0) is 18.9 Å². The molecule has 29 heavy (non-hydrogen) atoms. The first-order valence-electron chi connectivity index (χ1n) is 8.21. The van der Waals surface area contributed by atoms with Gasteiger partial charge in [-0.15, -0.1) is 81.2 Å². The quantitative estimate of drug-likeness (QED) is 0.208. The van der Waals surface area contributed by atoms with Gasteiger partial charge in [-0.25, -0.2) is 0 Å². The molecule has 0 aliphatic carbocycles. The van der Waals surface area contributed by atoms with Crippen molar-refractivity contribution < 1.29 is 18.9 Å². The van der Waals surface area contributed by atoms with Crippen molar-refractivity contribution in [1.29, 1.82) is 0 Å². The van der Waals surface area contributed by atoms with E-state index in [0.29, 0.717) is 0 Å². The molecule has 4 aromatic rings. The van der Waals surface area contributed by atoms with Crippen LogP contribution in [0.15, 0.2) is 72.8 Å². The summed E-state index contributed by atoms with van der Waals surface area (Å²) in [6, 6.07) is 25.7. The first-order chi connectivity index (χ1) is 12.0. The van der Waals surface area contributed by atoms with Gasteiger partial charge in [0, 0.05) is 0 Å². The minimum atomic E-state index is -1.76. The Balaban J connectivity index is -0.000000344. The van der Waals surface area contributed by atoms with Crippen molar-refractivity contribution in [2.75, 3.05) is 0 Å². The average molecular weight is 509 g/mol. The van der Waals surface area contributed by atoms with Crippen LogP contribution in [0.2, 0.25) is 0 Å². The Kier molecular flexibility index (Phi) is 18.9. The van der Waals surface area contributed by atoms with E-state index in [1.54, 1.807) is 0 Å². The Morgan fingerprint density at radius 2 is 1.00 bits per heavy atom. The standard InChI is InChI=1S/2C10H9.C2H4.4CH3.2ClH.Zr/c2*1-8-6-9-4-2-3-5-10(9)7-8;1-2;;;;;;;/h2*2-7H,1H3;1H,2H3;4*1H3;2*1H;/q2*-1;;4*-1;;;+2/p-2. The van der Waals surface area contributed by atoms with Crippen LogP contribution >= 0.6 is 17.0 Å². The summed E-state index contributed by atoms with van der Waals surface area (Å²) in [5.74, 6) is 0. The molecule has 0 radical (unpaired) electrons. The number of hydrogen-bond donors (Lipinski definition) is 0. The Morgan fingerprint density at radius 1 is 0.690 bits per heavy atom. The SMILES string of the molecule is C[CH]=[Zr]([Cl])[Cl].Cc1cc2ccccc2[cH-]1.Cc1cc2ccccc2[cH-]1.[CH3-].[CH3-].[CH3-].[CH3-]. The van der Waals surface area contributed by atoms with E-state index >= 15 is 0 Å². The van der Waals surface area contributed by atoms with Crippen molar-refractivity contribution in [3.05, 3.63) is 114 Å². The topological polar surface area (TPSA) is 0 Å². The monoisotopic (exact) mass is 506 g/mol. The fourth-order valence-corrected chi connectivity index (χ4v) is 2.61. The van der Waals surface area contributed by atoms with E-state index in [1.807, 2.05) is 10.6 Å². The molecule has 0 bridgehead atoms. The molecule has 3 heteroatoms. The normalized spacial score (nSPS) is 8.45. The van der Waals surface area contributed by atoms with E-state index in [9.17, 15) is 0 Å². The second kappa shape index (κ2) is 16.8. The summed E-state index contributed by atoms with van der Waals surface area (Å²) in [5.41, 5.74) is 2.70. The maximum Gasteiger partial charge on any atom is -0.0579 e. The Hall–Kier alpha value is -1.01. The minimum absolute atomic E-state index is 0. The van der Waals surface area contributed by atoms with Crippen molar-refractivity contribution >= 4 is 42.3 Å². The van der Waals surface area contributed by atoms with Gasteiger partial charge in [0.15, 0.2) is 0 Å². The summed E-state index contributed by atoms with van der Waals surface area (Å²) < 4.78 is 1.89. The summed E-state index contributed by atoms with van der Waals surface area (Å²) in [4.78, 5) is 0. The van der Waals surface area contributed by atoms with E-state index in [-0.39, 0.29) is 29.7 Å². The second-order valence-electron chi connectivity index (χ2n) is 5.90. The number of hydrogen-bond acceptors (Lipinski definition) is 0. The van der Waals surface area contributed by atoms with Gasteiger partial charge in [-0.1, -0.05) is 26.0 Å². The fourth-order valence-electron chi connectivity index (χ4n) is 2.61. The van der Waals surface area contributed by atoms with Crippen molar-refractivity contribution in [3.63, 3.8) is 0 Å². The van der Waals surface area contributed by atoms with Gasteiger partial charge in [0.1, 0.15) is 0 Å².